The third kappa shape index (κ3) is 5.68. The van der Waals surface area contributed by atoms with Crippen molar-refractivity contribution in [3.63, 3.8) is 0 Å². The van der Waals surface area contributed by atoms with Crippen LogP contribution >= 0.6 is 24.0 Å². The molecule has 3 heterocycles. The van der Waals surface area contributed by atoms with E-state index in [1.807, 2.05) is 7.05 Å². The molecule has 0 bridgehead atoms. The van der Waals surface area contributed by atoms with Crippen LogP contribution in [-0.2, 0) is 9.53 Å². The summed E-state index contributed by atoms with van der Waals surface area (Å²) in [4.78, 5) is 20.4. The van der Waals surface area contributed by atoms with Crippen molar-refractivity contribution in [2.75, 3.05) is 46.4 Å². The predicted molar refractivity (Wildman–Crippen MR) is 109 cm³/mol. The molecule has 25 heavy (non-hydrogen) atoms. The third-order valence-corrected chi connectivity index (χ3v) is 5.47. The van der Waals surface area contributed by atoms with E-state index in [0.29, 0.717) is 18.4 Å². The minimum absolute atomic E-state index is 0. The van der Waals surface area contributed by atoms with Gasteiger partial charge in [0.2, 0.25) is 5.91 Å². The molecule has 0 aliphatic carbocycles. The highest BCUT2D eigenvalue weighted by molar-refractivity contribution is 14.0. The maximum absolute atomic E-state index is 11.2. The highest BCUT2D eigenvalue weighted by atomic mass is 127. The van der Waals surface area contributed by atoms with Gasteiger partial charge >= 0.3 is 0 Å². The summed E-state index contributed by atoms with van der Waals surface area (Å²) >= 11 is 0. The number of carbonyl (C=O) groups is 1. The molecule has 3 aliphatic heterocycles. The molecule has 3 unspecified atom stereocenters. The van der Waals surface area contributed by atoms with Gasteiger partial charge in [0, 0.05) is 45.7 Å². The number of nitrogens with two attached hydrogens (primary N) is 1. The molecule has 0 radical (unpaired) electrons. The highest BCUT2D eigenvalue weighted by Crippen LogP contribution is 2.22. The van der Waals surface area contributed by atoms with E-state index in [4.69, 9.17) is 10.5 Å². The van der Waals surface area contributed by atoms with Gasteiger partial charge in [0.15, 0.2) is 5.96 Å². The topological polar surface area (TPSA) is 83.2 Å². The number of halogens is 1. The van der Waals surface area contributed by atoms with Crippen LogP contribution in [0.5, 0.6) is 0 Å². The molecule has 3 fully saturated rings. The molecule has 1 amide bonds. The largest absolute Gasteiger partial charge is 0.373 e. The van der Waals surface area contributed by atoms with E-state index in [1.165, 1.54) is 19.4 Å². The van der Waals surface area contributed by atoms with Crippen LogP contribution in [0.1, 0.15) is 32.1 Å². The molecule has 0 aromatic rings. The highest BCUT2D eigenvalue weighted by Gasteiger charge is 2.32. The number of hydrogen-bond donors (Lipinski definition) is 2. The minimum atomic E-state index is -0.208. The first kappa shape index (κ1) is 20.7. The first-order chi connectivity index (χ1) is 11.7. The Hall–Kier alpha value is -0.610. The van der Waals surface area contributed by atoms with E-state index in [-0.39, 0.29) is 36.0 Å². The second-order valence-electron chi connectivity index (χ2n) is 7.30. The van der Waals surface area contributed by atoms with E-state index in [0.717, 1.165) is 51.6 Å². The number of rotatable bonds is 4. The first-order valence-corrected chi connectivity index (χ1v) is 9.25. The van der Waals surface area contributed by atoms with Crippen molar-refractivity contribution in [3.8, 4) is 0 Å². The number of piperidine rings is 1. The van der Waals surface area contributed by atoms with Crippen molar-refractivity contribution in [2.45, 2.75) is 44.2 Å². The summed E-state index contributed by atoms with van der Waals surface area (Å²) in [6.07, 6.45) is 5.41. The SMILES string of the molecule is CN=C(NCC1CN2CCCC2CO1)N1CCCC(CC(N)=O)C1.I. The molecule has 0 aromatic carbocycles. The molecule has 7 nitrogen and oxygen atoms in total. The van der Waals surface area contributed by atoms with Crippen molar-refractivity contribution in [1.82, 2.24) is 15.1 Å². The lowest BCUT2D eigenvalue weighted by molar-refractivity contribution is -0.119. The van der Waals surface area contributed by atoms with Crippen LogP contribution in [0.2, 0.25) is 0 Å². The molecule has 3 N–H and O–H groups in total. The number of guanidine groups is 1. The van der Waals surface area contributed by atoms with Crippen molar-refractivity contribution in [2.24, 2.45) is 16.6 Å². The number of hydrogen-bond acceptors (Lipinski definition) is 4. The number of morpholine rings is 1. The second-order valence-corrected chi connectivity index (χ2v) is 7.30. The van der Waals surface area contributed by atoms with Gasteiger partial charge in [0.1, 0.15) is 0 Å². The van der Waals surface area contributed by atoms with Crippen LogP contribution in [0.3, 0.4) is 0 Å². The van der Waals surface area contributed by atoms with Crippen LogP contribution in [-0.4, -0.2) is 80.2 Å². The monoisotopic (exact) mass is 465 g/mol. The predicted octanol–water partition coefficient (Wildman–Crippen LogP) is 0.630. The Balaban J connectivity index is 0.00000225. The number of likely N-dealkylation sites (tertiary alicyclic amines) is 1. The number of amides is 1. The molecule has 0 aromatic heterocycles. The van der Waals surface area contributed by atoms with Gasteiger partial charge in [-0.05, 0) is 38.1 Å². The third-order valence-electron chi connectivity index (χ3n) is 5.47. The molecular formula is C17H32IN5O2. The molecule has 0 spiro atoms. The van der Waals surface area contributed by atoms with Gasteiger partial charge in [-0.15, -0.1) is 24.0 Å². The van der Waals surface area contributed by atoms with Crippen molar-refractivity contribution < 1.29 is 9.53 Å². The number of ether oxygens (including phenoxy) is 1. The van der Waals surface area contributed by atoms with Gasteiger partial charge in [-0.2, -0.15) is 0 Å². The van der Waals surface area contributed by atoms with E-state index in [1.54, 1.807) is 0 Å². The van der Waals surface area contributed by atoms with Gasteiger partial charge < -0.3 is 20.7 Å². The number of primary amides is 1. The summed E-state index contributed by atoms with van der Waals surface area (Å²) in [7, 11) is 1.82. The summed E-state index contributed by atoms with van der Waals surface area (Å²) in [6, 6.07) is 0.636. The standard InChI is InChI=1S/C17H31N5O2.HI/c1-19-17(22-7-2-4-13(10-22)8-16(18)23)20-9-15-11-21-6-3-5-14(21)12-24-15;/h13-15H,2-12H2,1H3,(H2,18,23)(H,19,20);1H. The lowest BCUT2D eigenvalue weighted by Crippen LogP contribution is -2.53. The quantitative estimate of drug-likeness (QED) is 0.362. The van der Waals surface area contributed by atoms with Crippen LogP contribution in [0.25, 0.3) is 0 Å². The fourth-order valence-electron chi connectivity index (χ4n) is 4.26. The van der Waals surface area contributed by atoms with Crippen LogP contribution in [0, 0.1) is 5.92 Å². The number of nitrogens with zero attached hydrogens (tertiary/aromatic N) is 3. The lowest BCUT2D eigenvalue weighted by atomic mass is 9.95. The Morgan fingerprint density at radius 1 is 1.28 bits per heavy atom. The molecule has 0 saturated carbocycles. The molecule has 144 valence electrons. The van der Waals surface area contributed by atoms with Gasteiger partial charge in [-0.25, -0.2) is 0 Å². The zero-order valence-corrected chi connectivity index (χ0v) is 17.5. The van der Waals surface area contributed by atoms with Gasteiger partial charge in [-0.1, -0.05) is 0 Å². The molecule has 8 heteroatoms. The van der Waals surface area contributed by atoms with E-state index >= 15 is 0 Å². The number of fused-ring (bicyclic) bond motifs is 1. The number of nitrogens with one attached hydrogen (secondary N) is 1. The van der Waals surface area contributed by atoms with Crippen LogP contribution < -0.4 is 11.1 Å². The van der Waals surface area contributed by atoms with E-state index in [2.05, 4.69) is 20.1 Å². The number of carbonyl (C=O) groups excluding carboxylic acids is 1. The van der Waals surface area contributed by atoms with Crippen LogP contribution in [0.4, 0.5) is 0 Å². The molecule has 3 rings (SSSR count). The normalized spacial score (nSPS) is 30.5. The number of aliphatic imine (C=N–C) groups is 1. The molecule has 3 aliphatic rings. The van der Waals surface area contributed by atoms with Crippen molar-refractivity contribution >= 4 is 35.8 Å². The molecule has 3 saturated heterocycles. The van der Waals surface area contributed by atoms with E-state index in [9.17, 15) is 4.79 Å². The minimum Gasteiger partial charge on any atom is -0.373 e. The summed E-state index contributed by atoms with van der Waals surface area (Å²) in [5, 5.41) is 3.47. The van der Waals surface area contributed by atoms with Crippen molar-refractivity contribution in [1.29, 1.82) is 0 Å². The average molecular weight is 465 g/mol. The summed E-state index contributed by atoms with van der Waals surface area (Å²) in [6.45, 7) is 5.69. The van der Waals surface area contributed by atoms with E-state index < -0.39 is 0 Å². The smallest absolute Gasteiger partial charge is 0.217 e. The Morgan fingerprint density at radius 3 is 2.84 bits per heavy atom. The Labute approximate surface area is 167 Å². The van der Waals surface area contributed by atoms with Gasteiger partial charge in [0.25, 0.3) is 0 Å². The molecule has 3 atom stereocenters. The van der Waals surface area contributed by atoms with Gasteiger partial charge in [0.05, 0.1) is 12.7 Å². The van der Waals surface area contributed by atoms with Crippen molar-refractivity contribution in [3.05, 3.63) is 0 Å². The molecular weight excluding hydrogens is 433 g/mol. The Kier molecular flexibility index (Phi) is 8.21. The first-order valence-electron chi connectivity index (χ1n) is 9.25. The maximum Gasteiger partial charge on any atom is 0.217 e. The maximum atomic E-state index is 11.2. The van der Waals surface area contributed by atoms with Crippen LogP contribution in [0.15, 0.2) is 4.99 Å². The lowest BCUT2D eigenvalue weighted by Gasteiger charge is -2.37. The summed E-state index contributed by atoms with van der Waals surface area (Å²) in [5.74, 6) is 1.04. The second kappa shape index (κ2) is 9.91. The summed E-state index contributed by atoms with van der Waals surface area (Å²) < 4.78 is 6.01. The Morgan fingerprint density at radius 2 is 2.08 bits per heavy atom. The fourth-order valence-corrected chi connectivity index (χ4v) is 4.26. The zero-order valence-electron chi connectivity index (χ0n) is 15.2. The Bertz CT molecular complexity index is 476. The summed E-state index contributed by atoms with van der Waals surface area (Å²) in [5.41, 5.74) is 5.35. The average Bonchev–Trinajstić information content (AvgIpc) is 3.03. The fraction of sp³-hybridized carbons (Fsp3) is 0.882. The van der Waals surface area contributed by atoms with Gasteiger partial charge in [-0.3, -0.25) is 14.7 Å². The zero-order chi connectivity index (χ0) is 16.9.